The molecule has 0 bridgehead atoms. The summed E-state index contributed by atoms with van der Waals surface area (Å²) < 4.78 is 26.9. The van der Waals surface area contributed by atoms with Gasteiger partial charge in [-0.2, -0.15) is 0 Å². The fourth-order valence-corrected chi connectivity index (χ4v) is 3.61. The van der Waals surface area contributed by atoms with Crippen LogP contribution in [-0.4, -0.2) is 37.6 Å². The van der Waals surface area contributed by atoms with Gasteiger partial charge in [0.2, 0.25) is 16.1 Å². The maximum atomic E-state index is 12.2. The molecule has 1 unspecified atom stereocenters. The van der Waals surface area contributed by atoms with E-state index in [9.17, 15) is 18.5 Å². The highest BCUT2D eigenvalue weighted by molar-refractivity contribution is 7.89. The lowest BCUT2D eigenvalue weighted by Crippen LogP contribution is -2.24. The fraction of sp³-hybridized carbons (Fsp3) is 0.412. The van der Waals surface area contributed by atoms with E-state index in [2.05, 4.69) is 4.72 Å². The van der Waals surface area contributed by atoms with Gasteiger partial charge in [-0.3, -0.25) is 10.1 Å². The van der Waals surface area contributed by atoms with Crippen LogP contribution in [0.4, 0.5) is 0 Å². The number of nitrogens with one attached hydrogen (secondary N) is 1. The molecule has 0 aromatic heterocycles. The smallest absolute Gasteiger partial charge is 0.240 e. The molecule has 7 nitrogen and oxygen atoms in total. The Kier molecular flexibility index (Phi) is 6.86. The highest BCUT2D eigenvalue weighted by atomic mass is 32.2. The Morgan fingerprint density at radius 3 is 2.60 bits per heavy atom. The predicted octanol–water partition coefficient (Wildman–Crippen LogP) is 2.12. The van der Waals surface area contributed by atoms with E-state index in [0.717, 1.165) is 11.1 Å². The molecule has 0 amide bonds. The molecule has 0 saturated heterocycles. The largest absolute Gasteiger partial charge is 0.396 e. The van der Waals surface area contributed by atoms with Crippen molar-refractivity contribution in [2.24, 2.45) is 0 Å². The first kappa shape index (κ1) is 19.3. The lowest BCUT2D eigenvalue weighted by molar-refractivity contribution is -0.509. The molecule has 1 aromatic rings. The minimum Gasteiger partial charge on any atom is -0.396 e. The van der Waals surface area contributed by atoms with Gasteiger partial charge < -0.3 is 5.11 Å². The molecule has 0 fully saturated rings. The summed E-state index contributed by atoms with van der Waals surface area (Å²) in [4.78, 5) is 10.9. The average molecular weight is 366 g/mol. The molecule has 136 valence electrons. The Morgan fingerprint density at radius 1 is 1.24 bits per heavy atom. The van der Waals surface area contributed by atoms with Crippen LogP contribution in [0.2, 0.25) is 0 Å². The molecule has 1 atom stereocenters. The van der Waals surface area contributed by atoms with E-state index in [-0.39, 0.29) is 23.0 Å². The number of rotatable bonds is 8. The van der Waals surface area contributed by atoms with Crippen LogP contribution in [0.3, 0.4) is 0 Å². The molecule has 2 N–H and O–H groups in total. The fourth-order valence-electron chi connectivity index (χ4n) is 2.54. The van der Waals surface area contributed by atoms with E-state index in [1.54, 1.807) is 18.2 Å². The highest BCUT2D eigenvalue weighted by Crippen LogP contribution is 2.23. The third-order valence-corrected chi connectivity index (χ3v) is 5.42. The van der Waals surface area contributed by atoms with E-state index in [4.69, 9.17) is 5.11 Å². The minimum absolute atomic E-state index is 0.0319. The first-order valence-electron chi connectivity index (χ1n) is 8.17. The van der Waals surface area contributed by atoms with E-state index in [1.807, 2.05) is 12.2 Å². The normalized spacial score (nSPS) is 17.8. The molecule has 1 aliphatic carbocycles. The van der Waals surface area contributed by atoms with Gasteiger partial charge in [-0.1, -0.05) is 24.3 Å². The van der Waals surface area contributed by atoms with Crippen LogP contribution in [0, 0.1) is 10.1 Å². The summed E-state index contributed by atoms with van der Waals surface area (Å²) in [7, 11) is -3.60. The summed E-state index contributed by atoms with van der Waals surface area (Å²) >= 11 is 0. The Hall–Kier alpha value is -2.03. The monoisotopic (exact) mass is 366 g/mol. The first-order valence-corrected chi connectivity index (χ1v) is 9.65. The van der Waals surface area contributed by atoms with Gasteiger partial charge in [0.05, 0.1) is 4.90 Å². The summed E-state index contributed by atoms with van der Waals surface area (Å²) in [5.74, 6) is 0. The van der Waals surface area contributed by atoms with E-state index in [0.29, 0.717) is 25.7 Å². The van der Waals surface area contributed by atoms with Crippen molar-refractivity contribution >= 4 is 15.6 Å². The molecule has 0 aliphatic heterocycles. The van der Waals surface area contributed by atoms with Gasteiger partial charge in [0.1, 0.15) is 0 Å². The molecular weight excluding hydrogens is 344 g/mol. The van der Waals surface area contributed by atoms with Crippen molar-refractivity contribution in [1.82, 2.24) is 4.72 Å². The lowest BCUT2D eigenvalue weighted by Gasteiger charge is -2.08. The molecule has 8 heteroatoms. The van der Waals surface area contributed by atoms with E-state index in [1.165, 1.54) is 12.1 Å². The van der Waals surface area contributed by atoms with Crippen molar-refractivity contribution in [3.05, 3.63) is 58.2 Å². The summed E-state index contributed by atoms with van der Waals surface area (Å²) in [6, 6.07) is 5.55. The summed E-state index contributed by atoms with van der Waals surface area (Å²) in [5, 5.41) is 19.8. The number of aliphatic hydroxyl groups is 1. The van der Waals surface area contributed by atoms with Gasteiger partial charge in [0.15, 0.2) is 0 Å². The van der Waals surface area contributed by atoms with Crippen LogP contribution >= 0.6 is 0 Å². The van der Waals surface area contributed by atoms with Crippen molar-refractivity contribution in [3.8, 4) is 0 Å². The SMILES string of the molecule is O=[N+]([O-])C1C=C(c2ccc(S(=O)(=O)NCCCCO)cc2)C=CCC1. The van der Waals surface area contributed by atoms with Crippen LogP contribution in [0.1, 0.15) is 31.2 Å². The molecule has 0 saturated carbocycles. The number of sulfonamides is 1. The van der Waals surface area contributed by atoms with Crippen molar-refractivity contribution in [1.29, 1.82) is 0 Å². The summed E-state index contributed by atoms with van der Waals surface area (Å²) in [6.07, 6.45) is 7.53. The van der Waals surface area contributed by atoms with Crippen LogP contribution in [0.15, 0.2) is 47.4 Å². The average Bonchev–Trinajstić information content (AvgIpc) is 2.85. The summed E-state index contributed by atoms with van der Waals surface area (Å²) in [6.45, 7) is 0.299. The predicted molar refractivity (Wildman–Crippen MR) is 95.1 cm³/mol. The number of hydrogen-bond donors (Lipinski definition) is 2. The van der Waals surface area contributed by atoms with Crippen molar-refractivity contribution in [2.75, 3.05) is 13.2 Å². The quantitative estimate of drug-likeness (QED) is 0.416. The Labute approximate surface area is 147 Å². The van der Waals surface area contributed by atoms with E-state index < -0.39 is 16.1 Å². The third-order valence-electron chi connectivity index (χ3n) is 3.94. The highest BCUT2D eigenvalue weighted by Gasteiger charge is 2.19. The second-order valence-electron chi connectivity index (χ2n) is 5.81. The van der Waals surface area contributed by atoms with Gasteiger partial charge in [0.25, 0.3) is 0 Å². The van der Waals surface area contributed by atoms with Crippen LogP contribution < -0.4 is 4.72 Å². The number of aliphatic hydroxyl groups excluding tert-OH is 1. The Bertz CT molecular complexity index is 754. The van der Waals surface area contributed by atoms with Crippen molar-refractivity contribution < 1.29 is 18.4 Å². The molecule has 2 rings (SSSR count). The van der Waals surface area contributed by atoms with Gasteiger partial charge in [-0.15, -0.1) is 0 Å². The second kappa shape index (κ2) is 8.89. The van der Waals surface area contributed by atoms with Gasteiger partial charge in [-0.05, 0) is 48.6 Å². The zero-order chi connectivity index (χ0) is 18.3. The molecule has 0 heterocycles. The zero-order valence-corrected chi connectivity index (χ0v) is 14.6. The molecular formula is C17H22N2O5S. The van der Waals surface area contributed by atoms with Crippen LogP contribution in [0.25, 0.3) is 5.57 Å². The number of nitrogens with zero attached hydrogens (tertiary/aromatic N) is 1. The number of unbranched alkanes of at least 4 members (excludes halogenated alkanes) is 1. The maximum absolute atomic E-state index is 12.2. The van der Waals surface area contributed by atoms with Gasteiger partial charge >= 0.3 is 0 Å². The van der Waals surface area contributed by atoms with Crippen molar-refractivity contribution in [2.45, 2.75) is 36.6 Å². The van der Waals surface area contributed by atoms with E-state index >= 15 is 0 Å². The van der Waals surface area contributed by atoms with Gasteiger partial charge in [0, 0.05) is 24.5 Å². The standard InChI is InChI=1S/C17H22N2O5S/c20-12-4-3-11-18-25(23,24)17-9-7-14(8-10-17)15-5-1-2-6-16(13-15)19(21)22/h1,5,7-10,13,16,18,20H,2-4,6,11-12H2. The molecule has 1 aromatic carbocycles. The summed E-state index contributed by atoms with van der Waals surface area (Å²) in [5.41, 5.74) is 1.46. The number of hydrogen-bond acceptors (Lipinski definition) is 5. The number of allylic oxidation sites excluding steroid dienone is 3. The molecule has 25 heavy (non-hydrogen) atoms. The minimum atomic E-state index is -3.60. The number of benzene rings is 1. The van der Waals surface area contributed by atoms with Crippen LogP contribution in [0.5, 0.6) is 0 Å². The Morgan fingerprint density at radius 2 is 1.96 bits per heavy atom. The molecule has 0 spiro atoms. The number of nitro groups is 1. The lowest BCUT2D eigenvalue weighted by atomic mass is 10.0. The maximum Gasteiger partial charge on any atom is 0.240 e. The zero-order valence-electron chi connectivity index (χ0n) is 13.8. The van der Waals surface area contributed by atoms with Gasteiger partial charge in [-0.25, -0.2) is 13.1 Å². The Balaban J connectivity index is 2.14. The third kappa shape index (κ3) is 5.48. The van der Waals surface area contributed by atoms with Crippen LogP contribution in [-0.2, 0) is 10.0 Å². The topological polar surface area (TPSA) is 110 Å². The van der Waals surface area contributed by atoms with Crippen molar-refractivity contribution in [3.63, 3.8) is 0 Å². The first-order chi connectivity index (χ1) is 11.9. The second-order valence-corrected chi connectivity index (χ2v) is 7.57. The molecule has 1 aliphatic rings. The molecule has 0 radical (unpaired) electrons.